The number of rotatable bonds is 4. The molecule has 1 aromatic heterocycles. The number of aromatic nitrogens is 2. The molecule has 0 saturated carbocycles. The molecule has 0 aliphatic heterocycles. The van der Waals surface area contributed by atoms with Crippen LogP contribution in [0.3, 0.4) is 0 Å². The first-order valence-corrected chi connectivity index (χ1v) is 5.09. The Hall–Kier alpha value is -1.24. The lowest BCUT2D eigenvalue weighted by molar-refractivity contribution is -0.136. The van der Waals surface area contributed by atoms with Crippen molar-refractivity contribution in [2.24, 2.45) is 0 Å². The van der Waals surface area contributed by atoms with Gasteiger partial charge in [0.25, 0.3) is 0 Å². The van der Waals surface area contributed by atoms with E-state index in [1.165, 1.54) is 14.0 Å². The number of anilines is 1. The van der Waals surface area contributed by atoms with Crippen molar-refractivity contribution >= 4 is 17.4 Å². The van der Waals surface area contributed by atoms with E-state index in [1.807, 2.05) is 0 Å². The number of halogens is 4. The van der Waals surface area contributed by atoms with E-state index in [-0.39, 0.29) is 16.7 Å². The number of alkyl halides is 3. The van der Waals surface area contributed by atoms with Gasteiger partial charge in [0.05, 0.1) is 13.5 Å². The third-order valence-electron chi connectivity index (χ3n) is 1.89. The molecule has 1 N–H and O–H groups in total. The van der Waals surface area contributed by atoms with Gasteiger partial charge in [-0.2, -0.15) is 13.2 Å². The minimum atomic E-state index is -4.24. The standard InChI is InChI=1S/C9H11ClF3N3O/c1-5(3-9(11,12)13)16-8-6(17-2)7(10)14-4-15-8/h4-5H,3H2,1-2H3,(H,14,15,16). The number of nitrogens with one attached hydrogen (secondary N) is 1. The van der Waals surface area contributed by atoms with Crippen LogP contribution in [-0.4, -0.2) is 29.3 Å². The summed E-state index contributed by atoms with van der Waals surface area (Å²) in [5.74, 6) is 0.271. The fourth-order valence-electron chi connectivity index (χ4n) is 1.27. The molecule has 1 rings (SSSR count). The van der Waals surface area contributed by atoms with E-state index in [0.29, 0.717) is 0 Å². The monoisotopic (exact) mass is 269 g/mol. The van der Waals surface area contributed by atoms with Crippen LogP contribution in [0.25, 0.3) is 0 Å². The van der Waals surface area contributed by atoms with E-state index in [9.17, 15) is 13.2 Å². The Morgan fingerprint density at radius 2 is 2.12 bits per heavy atom. The summed E-state index contributed by atoms with van der Waals surface area (Å²) >= 11 is 5.71. The van der Waals surface area contributed by atoms with E-state index in [0.717, 1.165) is 6.33 Å². The van der Waals surface area contributed by atoms with Crippen molar-refractivity contribution in [3.05, 3.63) is 11.5 Å². The van der Waals surface area contributed by atoms with Crippen LogP contribution in [-0.2, 0) is 0 Å². The van der Waals surface area contributed by atoms with Crippen molar-refractivity contribution in [3.63, 3.8) is 0 Å². The van der Waals surface area contributed by atoms with Crippen molar-refractivity contribution in [2.45, 2.75) is 25.6 Å². The van der Waals surface area contributed by atoms with Gasteiger partial charge in [0.1, 0.15) is 6.33 Å². The summed E-state index contributed by atoms with van der Waals surface area (Å²) in [6.45, 7) is 1.39. The maximum atomic E-state index is 12.1. The molecule has 0 spiro atoms. The van der Waals surface area contributed by atoms with E-state index in [1.54, 1.807) is 0 Å². The largest absolute Gasteiger partial charge is 0.490 e. The van der Waals surface area contributed by atoms with Gasteiger partial charge in [0.2, 0.25) is 0 Å². The molecule has 8 heteroatoms. The molecular formula is C9H11ClF3N3O. The van der Waals surface area contributed by atoms with Crippen molar-refractivity contribution in [1.82, 2.24) is 9.97 Å². The molecule has 1 aromatic rings. The molecule has 0 aliphatic rings. The van der Waals surface area contributed by atoms with Gasteiger partial charge < -0.3 is 10.1 Å². The molecule has 4 nitrogen and oxygen atoms in total. The Labute approximate surface area is 101 Å². The maximum Gasteiger partial charge on any atom is 0.391 e. The molecule has 1 heterocycles. The normalized spacial score (nSPS) is 13.3. The lowest BCUT2D eigenvalue weighted by Gasteiger charge is -2.17. The van der Waals surface area contributed by atoms with Crippen LogP contribution in [0.1, 0.15) is 13.3 Å². The number of methoxy groups -OCH3 is 1. The Morgan fingerprint density at radius 3 is 2.65 bits per heavy atom. The average molecular weight is 270 g/mol. The Bertz CT molecular complexity index is 386. The van der Waals surface area contributed by atoms with Gasteiger partial charge in [-0.3, -0.25) is 0 Å². The first-order chi connectivity index (χ1) is 7.83. The Morgan fingerprint density at radius 1 is 1.47 bits per heavy atom. The SMILES string of the molecule is COc1c(Cl)ncnc1NC(C)CC(F)(F)F. The van der Waals surface area contributed by atoms with Gasteiger partial charge in [-0.25, -0.2) is 9.97 Å². The summed E-state index contributed by atoms with van der Waals surface area (Å²) in [4.78, 5) is 7.44. The summed E-state index contributed by atoms with van der Waals surface area (Å²) in [5, 5.41) is 2.62. The summed E-state index contributed by atoms with van der Waals surface area (Å²) in [6.07, 6.45) is -4.07. The van der Waals surface area contributed by atoms with Crippen LogP contribution in [0, 0.1) is 0 Å². The van der Waals surface area contributed by atoms with Gasteiger partial charge in [0.15, 0.2) is 16.7 Å². The van der Waals surface area contributed by atoms with Crippen molar-refractivity contribution in [1.29, 1.82) is 0 Å². The average Bonchev–Trinajstić information content (AvgIpc) is 2.14. The van der Waals surface area contributed by atoms with E-state index >= 15 is 0 Å². The molecule has 0 amide bonds. The van der Waals surface area contributed by atoms with E-state index < -0.39 is 18.6 Å². The zero-order chi connectivity index (χ0) is 13.1. The molecule has 0 bridgehead atoms. The minimum absolute atomic E-state index is 0.0456. The predicted molar refractivity (Wildman–Crippen MR) is 57.4 cm³/mol. The number of ether oxygens (including phenoxy) is 1. The van der Waals surface area contributed by atoms with Gasteiger partial charge in [-0.1, -0.05) is 11.6 Å². The summed E-state index contributed by atoms with van der Waals surface area (Å²) in [7, 11) is 1.34. The predicted octanol–water partition coefficient (Wildman–Crippen LogP) is 2.89. The first kappa shape index (κ1) is 13.8. The fourth-order valence-corrected chi connectivity index (χ4v) is 1.48. The molecule has 0 radical (unpaired) electrons. The lowest BCUT2D eigenvalue weighted by Crippen LogP contribution is -2.24. The van der Waals surface area contributed by atoms with Crippen LogP contribution in [0.15, 0.2) is 6.33 Å². The highest BCUT2D eigenvalue weighted by Gasteiger charge is 2.30. The third kappa shape index (κ3) is 4.26. The molecule has 1 atom stereocenters. The number of hydrogen-bond acceptors (Lipinski definition) is 4. The third-order valence-corrected chi connectivity index (χ3v) is 2.15. The van der Waals surface area contributed by atoms with Crippen LogP contribution in [0.4, 0.5) is 19.0 Å². The Kier molecular flexibility index (Phi) is 4.39. The molecule has 0 aliphatic carbocycles. The van der Waals surface area contributed by atoms with Gasteiger partial charge >= 0.3 is 6.18 Å². The zero-order valence-electron chi connectivity index (χ0n) is 9.18. The second-order valence-corrected chi connectivity index (χ2v) is 3.77. The van der Waals surface area contributed by atoms with Crippen LogP contribution < -0.4 is 10.1 Å². The quantitative estimate of drug-likeness (QED) is 0.854. The second kappa shape index (κ2) is 5.39. The van der Waals surface area contributed by atoms with Crippen LogP contribution in [0.5, 0.6) is 5.75 Å². The number of hydrogen-bond donors (Lipinski definition) is 1. The summed E-state index contributed by atoms with van der Waals surface area (Å²) < 4.78 is 41.3. The molecule has 0 saturated heterocycles. The highest BCUT2D eigenvalue weighted by atomic mass is 35.5. The number of nitrogens with zero attached hydrogens (tertiary/aromatic N) is 2. The molecule has 0 aromatic carbocycles. The molecule has 1 unspecified atom stereocenters. The molecule has 0 fully saturated rings. The smallest absolute Gasteiger partial charge is 0.391 e. The highest BCUT2D eigenvalue weighted by Crippen LogP contribution is 2.30. The van der Waals surface area contributed by atoms with E-state index in [4.69, 9.17) is 16.3 Å². The summed E-state index contributed by atoms with van der Waals surface area (Å²) in [6, 6.07) is -0.838. The molecular weight excluding hydrogens is 259 g/mol. The van der Waals surface area contributed by atoms with Crippen molar-refractivity contribution < 1.29 is 17.9 Å². The van der Waals surface area contributed by atoms with Gasteiger partial charge in [0, 0.05) is 6.04 Å². The lowest BCUT2D eigenvalue weighted by atomic mass is 10.2. The van der Waals surface area contributed by atoms with Crippen LogP contribution in [0.2, 0.25) is 5.15 Å². The molecule has 96 valence electrons. The minimum Gasteiger partial charge on any atom is -0.490 e. The zero-order valence-corrected chi connectivity index (χ0v) is 9.93. The maximum absolute atomic E-state index is 12.1. The van der Waals surface area contributed by atoms with Gasteiger partial charge in [-0.05, 0) is 6.92 Å². The summed E-state index contributed by atoms with van der Waals surface area (Å²) in [5.41, 5.74) is 0. The van der Waals surface area contributed by atoms with Crippen molar-refractivity contribution in [3.8, 4) is 5.75 Å². The molecule has 17 heavy (non-hydrogen) atoms. The second-order valence-electron chi connectivity index (χ2n) is 3.41. The highest BCUT2D eigenvalue weighted by molar-refractivity contribution is 6.31. The first-order valence-electron chi connectivity index (χ1n) is 4.71. The Balaban J connectivity index is 2.78. The van der Waals surface area contributed by atoms with Crippen molar-refractivity contribution in [2.75, 3.05) is 12.4 Å². The van der Waals surface area contributed by atoms with Gasteiger partial charge in [-0.15, -0.1) is 0 Å². The van der Waals surface area contributed by atoms with Crippen LogP contribution >= 0.6 is 11.6 Å². The topological polar surface area (TPSA) is 47.0 Å². The van der Waals surface area contributed by atoms with E-state index in [2.05, 4.69) is 15.3 Å². The fraction of sp³-hybridized carbons (Fsp3) is 0.556.